The summed E-state index contributed by atoms with van der Waals surface area (Å²) in [5.41, 5.74) is 5.84. The van der Waals surface area contributed by atoms with Crippen LogP contribution in [-0.2, 0) is 19.1 Å². The molecule has 0 radical (unpaired) electrons. The van der Waals surface area contributed by atoms with E-state index in [1.54, 1.807) is 6.07 Å². The lowest BCUT2D eigenvalue weighted by atomic mass is 10.2. The van der Waals surface area contributed by atoms with Gasteiger partial charge in [0.15, 0.2) is 6.61 Å². The van der Waals surface area contributed by atoms with Gasteiger partial charge in [-0.15, -0.1) is 0 Å². The minimum absolute atomic E-state index is 0.185. The Balaban J connectivity index is 1.63. The fourth-order valence-electron chi connectivity index (χ4n) is 3.18. The third-order valence-corrected chi connectivity index (χ3v) is 4.69. The molecule has 1 unspecified atom stereocenters. The van der Waals surface area contributed by atoms with Crippen molar-refractivity contribution in [1.29, 1.82) is 0 Å². The number of esters is 1. The van der Waals surface area contributed by atoms with E-state index in [2.05, 4.69) is 9.84 Å². The summed E-state index contributed by atoms with van der Waals surface area (Å²) >= 11 is 0. The third kappa shape index (κ3) is 5.43. The van der Waals surface area contributed by atoms with Gasteiger partial charge in [0, 0.05) is 25.9 Å². The van der Waals surface area contributed by atoms with Gasteiger partial charge in [0.25, 0.3) is 5.91 Å². The van der Waals surface area contributed by atoms with Gasteiger partial charge in [-0.1, -0.05) is 0 Å². The lowest BCUT2D eigenvalue weighted by molar-refractivity contribution is -0.150. The summed E-state index contributed by atoms with van der Waals surface area (Å²) in [6, 6.07) is 4.33. The molecule has 1 saturated heterocycles. The second kappa shape index (κ2) is 9.96. The zero-order chi connectivity index (χ0) is 23.3. The Morgan fingerprint density at radius 1 is 1.41 bits per heavy atom. The van der Waals surface area contributed by atoms with E-state index in [4.69, 9.17) is 16.3 Å². The number of hydrogen-bond acceptors (Lipinski definition) is 10. The first-order valence-electron chi connectivity index (χ1n) is 9.70. The Morgan fingerprint density at radius 2 is 2.19 bits per heavy atom. The number of anilines is 2. The van der Waals surface area contributed by atoms with Crippen LogP contribution in [-0.4, -0.2) is 73.2 Å². The molecule has 1 aromatic rings. The molecule has 2 aliphatic heterocycles. The van der Waals surface area contributed by atoms with Crippen LogP contribution in [0, 0.1) is 5.82 Å². The van der Waals surface area contributed by atoms with Crippen LogP contribution in [0.2, 0.25) is 0 Å². The van der Waals surface area contributed by atoms with Crippen LogP contribution in [0.3, 0.4) is 0 Å². The number of amides is 2. The van der Waals surface area contributed by atoms with Crippen molar-refractivity contribution in [3.8, 4) is 0 Å². The summed E-state index contributed by atoms with van der Waals surface area (Å²) in [7, 11) is 0. The second-order valence-corrected chi connectivity index (χ2v) is 7.01. The van der Waals surface area contributed by atoms with Gasteiger partial charge in [-0.05, 0) is 18.2 Å². The molecular weight excluding hydrogens is 425 g/mol. The van der Waals surface area contributed by atoms with Crippen LogP contribution in [0.4, 0.5) is 20.6 Å². The maximum atomic E-state index is 14.8. The van der Waals surface area contributed by atoms with Crippen molar-refractivity contribution in [2.24, 2.45) is 16.7 Å². The highest BCUT2D eigenvalue weighted by atomic mass is 19.1. The third-order valence-electron chi connectivity index (χ3n) is 4.69. The van der Waals surface area contributed by atoms with Crippen LogP contribution in [0.5, 0.6) is 0 Å². The predicted molar refractivity (Wildman–Crippen MR) is 112 cm³/mol. The zero-order valence-corrected chi connectivity index (χ0v) is 17.4. The maximum Gasteiger partial charge on any atom is 0.414 e. The number of cyclic esters (lactones) is 1. The van der Waals surface area contributed by atoms with Crippen molar-refractivity contribution in [1.82, 2.24) is 10.0 Å². The van der Waals surface area contributed by atoms with Crippen LogP contribution in [0.25, 0.3) is 0 Å². The van der Waals surface area contributed by atoms with E-state index in [-0.39, 0.29) is 31.9 Å². The molecule has 1 fully saturated rings. The van der Waals surface area contributed by atoms with E-state index in [0.29, 0.717) is 5.69 Å². The fourth-order valence-corrected chi connectivity index (χ4v) is 3.18. The first-order valence-corrected chi connectivity index (χ1v) is 9.70. The number of hydrazine groups is 1. The molecule has 3 rings (SSSR count). The summed E-state index contributed by atoms with van der Waals surface area (Å²) in [6.07, 6.45) is 2.91. The number of hydrazone groups is 1. The molecule has 1 atom stereocenters. The van der Waals surface area contributed by atoms with Crippen LogP contribution in [0.1, 0.15) is 6.92 Å². The number of carbonyl (C=O) groups is 3. The summed E-state index contributed by atoms with van der Waals surface area (Å²) in [6.45, 7) is 1.69. The summed E-state index contributed by atoms with van der Waals surface area (Å²) < 4.78 is 24.7. The molecule has 12 nitrogen and oxygen atoms in total. The van der Waals surface area contributed by atoms with Gasteiger partial charge in [0.1, 0.15) is 18.3 Å². The lowest BCUT2D eigenvalue weighted by Gasteiger charge is -2.29. The Morgan fingerprint density at radius 3 is 2.81 bits per heavy atom. The van der Waals surface area contributed by atoms with E-state index >= 15 is 0 Å². The Kier molecular flexibility index (Phi) is 7.10. The molecule has 2 heterocycles. The van der Waals surface area contributed by atoms with Gasteiger partial charge in [0.05, 0.1) is 31.0 Å². The van der Waals surface area contributed by atoms with E-state index in [1.165, 1.54) is 52.6 Å². The van der Waals surface area contributed by atoms with E-state index < -0.39 is 36.5 Å². The first kappa shape index (κ1) is 22.8. The normalized spacial score (nSPS) is 18.3. The lowest BCUT2D eigenvalue weighted by Crippen LogP contribution is -2.42. The molecular formula is C19H24FN7O5. The highest BCUT2D eigenvalue weighted by Gasteiger charge is 2.33. The van der Waals surface area contributed by atoms with Gasteiger partial charge < -0.3 is 25.1 Å². The number of halogens is 1. The van der Waals surface area contributed by atoms with Crippen molar-refractivity contribution >= 4 is 35.7 Å². The molecule has 172 valence electrons. The van der Waals surface area contributed by atoms with Crippen molar-refractivity contribution in [2.75, 3.05) is 42.6 Å². The van der Waals surface area contributed by atoms with E-state index in [1.807, 2.05) is 0 Å². The number of benzene rings is 1. The smallest absolute Gasteiger partial charge is 0.414 e. The predicted octanol–water partition coefficient (Wildman–Crippen LogP) is -0.0885. The molecule has 13 heteroatoms. The quantitative estimate of drug-likeness (QED) is 0.331. The highest BCUT2D eigenvalue weighted by Crippen LogP contribution is 2.28. The van der Waals surface area contributed by atoms with Crippen LogP contribution in [0.15, 0.2) is 35.7 Å². The van der Waals surface area contributed by atoms with Gasteiger partial charge in [0.2, 0.25) is 0 Å². The van der Waals surface area contributed by atoms with Crippen molar-refractivity contribution in [2.45, 2.75) is 13.0 Å². The molecule has 4 N–H and O–H groups in total. The number of ether oxygens (including phenoxy) is 2. The van der Waals surface area contributed by atoms with Gasteiger partial charge in [-0.2, -0.15) is 5.10 Å². The van der Waals surface area contributed by atoms with Crippen LogP contribution >= 0.6 is 0 Å². The molecule has 0 spiro atoms. The number of hydrogen-bond donors (Lipinski definition) is 2. The van der Waals surface area contributed by atoms with Crippen molar-refractivity contribution < 1.29 is 28.2 Å². The topological polar surface area (TPSA) is 147 Å². The fraction of sp³-hybridized carbons (Fsp3) is 0.368. The molecule has 0 aliphatic carbocycles. The Bertz CT molecular complexity index is 941. The second-order valence-electron chi connectivity index (χ2n) is 7.01. The van der Waals surface area contributed by atoms with E-state index in [0.717, 1.165) is 5.01 Å². The average Bonchev–Trinajstić information content (AvgIpc) is 3.12. The molecule has 0 saturated carbocycles. The molecule has 0 bridgehead atoms. The van der Waals surface area contributed by atoms with Crippen LogP contribution < -0.4 is 21.4 Å². The Hall–Kier alpha value is -3.87. The summed E-state index contributed by atoms with van der Waals surface area (Å²) in [5.74, 6) is 4.09. The summed E-state index contributed by atoms with van der Waals surface area (Å²) in [4.78, 5) is 37.8. The van der Waals surface area contributed by atoms with Gasteiger partial charge >= 0.3 is 12.1 Å². The molecule has 2 aliphatic rings. The number of carbonyl (C=O) groups excluding carboxylic acids is 3. The first-order chi connectivity index (χ1) is 15.3. The highest BCUT2D eigenvalue weighted by molar-refractivity contribution is 5.91. The molecule has 2 amide bonds. The molecule has 32 heavy (non-hydrogen) atoms. The van der Waals surface area contributed by atoms with E-state index in [9.17, 15) is 18.8 Å². The Labute approximate surface area is 183 Å². The number of nitrogens with two attached hydrogens (primary N) is 2. The SMILES string of the molecule is CC(=O)OCC(=O)N1CCN(c2ccc(N3CC(CN(N)/C=C\N)OC3=O)cc2F)C=N1. The number of nitrogens with zero attached hydrogens (tertiary/aromatic N) is 5. The van der Waals surface area contributed by atoms with Crippen molar-refractivity contribution in [3.63, 3.8) is 0 Å². The van der Waals surface area contributed by atoms with Gasteiger partial charge in [-0.3, -0.25) is 14.5 Å². The monoisotopic (exact) mass is 449 g/mol. The largest absolute Gasteiger partial charge is 0.456 e. The zero-order valence-electron chi connectivity index (χ0n) is 17.4. The number of rotatable bonds is 7. The van der Waals surface area contributed by atoms with Crippen molar-refractivity contribution in [3.05, 3.63) is 36.4 Å². The summed E-state index contributed by atoms with van der Waals surface area (Å²) in [5, 5.41) is 6.42. The maximum absolute atomic E-state index is 14.8. The minimum Gasteiger partial charge on any atom is -0.456 e. The minimum atomic E-state index is -0.603. The standard InChI is InChI=1S/C19H24FN7O5/c1-13(28)31-11-18(29)27-7-6-24(12-23-27)17-3-2-14(8-16(17)20)26-10-15(32-19(26)30)9-25(22)5-4-21/h2-5,8,12,15H,6-7,9-11,21-22H2,1H3/b5-4-. The molecule has 0 aromatic heterocycles. The molecule has 1 aromatic carbocycles. The average molecular weight is 449 g/mol. The van der Waals surface area contributed by atoms with Gasteiger partial charge in [-0.25, -0.2) is 20.0 Å².